The van der Waals surface area contributed by atoms with E-state index in [0.717, 1.165) is 25.7 Å². The van der Waals surface area contributed by atoms with E-state index in [4.69, 9.17) is 16.3 Å². The summed E-state index contributed by atoms with van der Waals surface area (Å²) < 4.78 is 9.71. The second-order valence-corrected chi connectivity index (χ2v) is 3.90. The van der Waals surface area contributed by atoms with Crippen molar-refractivity contribution in [3.8, 4) is 0 Å². The summed E-state index contributed by atoms with van der Waals surface area (Å²) >= 11 is 5.47. The topological polar surface area (TPSA) is 35.5 Å². The molecule has 1 aliphatic rings. The number of rotatable bonds is 2. The van der Waals surface area contributed by atoms with Crippen LogP contribution >= 0.6 is 11.6 Å². The Bertz CT molecular complexity index is 164. The zero-order chi connectivity index (χ0) is 9.68. The van der Waals surface area contributed by atoms with Crippen molar-refractivity contribution in [2.24, 2.45) is 0 Å². The first-order valence-electron chi connectivity index (χ1n) is 4.70. The maximum Gasteiger partial charge on any atom is 0.510 e. The monoisotopic (exact) mass is 206 g/mol. The second-order valence-electron chi connectivity index (χ2n) is 3.29. The number of halogens is 1. The molecular weight excluding hydrogens is 192 g/mol. The summed E-state index contributed by atoms with van der Waals surface area (Å²) in [5.74, 6) is 0. The van der Waals surface area contributed by atoms with Gasteiger partial charge in [-0.3, -0.25) is 0 Å². The quantitative estimate of drug-likeness (QED) is 0.515. The Labute approximate surface area is 83.3 Å². The van der Waals surface area contributed by atoms with Crippen LogP contribution in [0, 0.1) is 0 Å². The van der Waals surface area contributed by atoms with Gasteiger partial charge in [0.15, 0.2) is 5.56 Å². The Morgan fingerprint density at radius 3 is 2.54 bits per heavy atom. The Kier molecular flexibility index (Phi) is 4.36. The Morgan fingerprint density at radius 2 is 2.00 bits per heavy atom. The van der Waals surface area contributed by atoms with Crippen LogP contribution in [0.1, 0.15) is 39.0 Å². The third-order valence-corrected chi connectivity index (χ3v) is 2.16. The number of carbonyl (C=O) groups excluding carboxylic acids is 1. The zero-order valence-electron chi connectivity index (χ0n) is 7.79. The molecule has 1 aliphatic carbocycles. The van der Waals surface area contributed by atoms with Crippen LogP contribution in [-0.4, -0.2) is 17.8 Å². The Balaban J connectivity index is 2.18. The number of hydrogen-bond acceptors (Lipinski definition) is 3. The molecule has 0 aromatic carbocycles. The van der Waals surface area contributed by atoms with Crippen molar-refractivity contribution in [3.63, 3.8) is 0 Å². The largest absolute Gasteiger partial charge is 0.510 e. The Morgan fingerprint density at radius 1 is 1.38 bits per heavy atom. The minimum Gasteiger partial charge on any atom is -0.431 e. The van der Waals surface area contributed by atoms with Crippen LogP contribution in [-0.2, 0) is 9.47 Å². The maximum absolute atomic E-state index is 11.0. The van der Waals surface area contributed by atoms with E-state index in [0.29, 0.717) is 0 Å². The molecule has 0 unspecified atom stereocenters. The predicted octanol–water partition coefficient (Wildman–Crippen LogP) is 3.06. The molecule has 0 aromatic rings. The summed E-state index contributed by atoms with van der Waals surface area (Å²) in [7, 11) is 0. The van der Waals surface area contributed by atoms with Crippen molar-refractivity contribution in [2.45, 2.75) is 50.7 Å². The summed E-state index contributed by atoms with van der Waals surface area (Å²) in [6.07, 6.45) is 4.80. The SMILES string of the molecule is C[C@@H](Cl)OC(=O)OC1CCCCC1. The van der Waals surface area contributed by atoms with Crippen LogP contribution in [0.5, 0.6) is 0 Å². The molecular formula is C9H15ClO3. The lowest BCUT2D eigenvalue weighted by atomic mass is 9.98. The van der Waals surface area contributed by atoms with Crippen LogP contribution in [0.4, 0.5) is 4.79 Å². The van der Waals surface area contributed by atoms with E-state index < -0.39 is 11.7 Å². The molecule has 1 fully saturated rings. The van der Waals surface area contributed by atoms with Gasteiger partial charge in [0.2, 0.25) is 0 Å². The van der Waals surface area contributed by atoms with Crippen molar-refractivity contribution >= 4 is 17.8 Å². The first-order chi connectivity index (χ1) is 6.18. The van der Waals surface area contributed by atoms with Gasteiger partial charge in [0, 0.05) is 0 Å². The summed E-state index contributed by atoms with van der Waals surface area (Å²) in [5, 5.41) is 0. The number of ether oxygens (including phenoxy) is 2. The second kappa shape index (κ2) is 5.32. The van der Waals surface area contributed by atoms with E-state index in [1.807, 2.05) is 0 Å². The van der Waals surface area contributed by atoms with E-state index in [9.17, 15) is 4.79 Å². The molecule has 1 atom stereocenters. The lowest BCUT2D eigenvalue weighted by Gasteiger charge is -2.21. The first-order valence-corrected chi connectivity index (χ1v) is 5.13. The van der Waals surface area contributed by atoms with Gasteiger partial charge in [0.1, 0.15) is 6.10 Å². The number of alkyl halides is 1. The van der Waals surface area contributed by atoms with Gasteiger partial charge in [-0.05, 0) is 32.6 Å². The third kappa shape index (κ3) is 4.36. The standard InChI is InChI=1S/C9H15ClO3/c1-7(10)12-9(11)13-8-5-3-2-4-6-8/h7-8H,2-6H2,1H3/t7-/m0/s1. The summed E-state index contributed by atoms with van der Waals surface area (Å²) in [6, 6.07) is 0. The van der Waals surface area contributed by atoms with Gasteiger partial charge < -0.3 is 9.47 Å². The highest BCUT2D eigenvalue weighted by Gasteiger charge is 2.19. The van der Waals surface area contributed by atoms with Crippen molar-refractivity contribution in [3.05, 3.63) is 0 Å². The van der Waals surface area contributed by atoms with Crippen molar-refractivity contribution in [2.75, 3.05) is 0 Å². The molecule has 0 saturated heterocycles. The summed E-state index contributed by atoms with van der Waals surface area (Å²) in [4.78, 5) is 11.0. The van der Waals surface area contributed by atoms with E-state index in [-0.39, 0.29) is 6.10 Å². The molecule has 0 amide bonds. The van der Waals surface area contributed by atoms with Crippen LogP contribution in [0.15, 0.2) is 0 Å². The molecule has 0 heterocycles. The average molecular weight is 207 g/mol. The van der Waals surface area contributed by atoms with Crippen LogP contribution in [0.25, 0.3) is 0 Å². The molecule has 1 rings (SSSR count). The fourth-order valence-electron chi connectivity index (χ4n) is 1.48. The molecule has 0 aliphatic heterocycles. The van der Waals surface area contributed by atoms with Gasteiger partial charge in [0.05, 0.1) is 0 Å². The van der Waals surface area contributed by atoms with Gasteiger partial charge in [-0.15, -0.1) is 0 Å². The highest BCUT2D eigenvalue weighted by Crippen LogP contribution is 2.20. The molecule has 4 heteroatoms. The lowest BCUT2D eigenvalue weighted by molar-refractivity contribution is 0.00734. The van der Waals surface area contributed by atoms with Crippen LogP contribution in [0.2, 0.25) is 0 Å². The van der Waals surface area contributed by atoms with Gasteiger partial charge in [-0.1, -0.05) is 18.0 Å². The fraction of sp³-hybridized carbons (Fsp3) is 0.889. The smallest absolute Gasteiger partial charge is 0.431 e. The maximum atomic E-state index is 11.0. The fourth-order valence-corrected chi connectivity index (χ4v) is 1.55. The molecule has 0 radical (unpaired) electrons. The van der Waals surface area contributed by atoms with Crippen LogP contribution in [0.3, 0.4) is 0 Å². The van der Waals surface area contributed by atoms with E-state index in [2.05, 4.69) is 4.74 Å². The van der Waals surface area contributed by atoms with Gasteiger partial charge >= 0.3 is 6.16 Å². The van der Waals surface area contributed by atoms with Gasteiger partial charge in [0.25, 0.3) is 0 Å². The lowest BCUT2D eigenvalue weighted by Crippen LogP contribution is -2.22. The minimum atomic E-state index is -0.644. The zero-order valence-corrected chi connectivity index (χ0v) is 8.55. The van der Waals surface area contributed by atoms with Crippen molar-refractivity contribution in [1.82, 2.24) is 0 Å². The molecule has 1 saturated carbocycles. The molecule has 0 N–H and O–H groups in total. The van der Waals surface area contributed by atoms with Gasteiger partial charge in [-0.2, -0.15) is 0 Å². The molecule has 0 aromatic heterocycles. The minimum absolute atomic E-state index is 0.0386. The predicted molar refractivity (Wildman–Crippen MR) is 49.8 cm³/mol. The first kappa shape index (κ1) is 10.6. The van der Waals surface area contributed by atoms with E-state index in [1.165, 1.54) is 6.42 Å². The van der Waals surface area contributed by atoms with Crippen molar-refractivity contribution < 1.29 is 14.3 Å². The number of carbonyl (C=O) groups is 1. The highest BCUT2D eigenvalue weighted by molar-refractivity contribution is 6.19. The molecule has 13 heavy (non-hydrogen) atoms. The van der Waals surface area contributed by atoms with Gasteiger partial charge in [-0.25, -0.2) is 4.79 Å². The Hall–Kier alpha value is -0.440. The van der Waals surface area contributed by atoms with E-state index in [1.54, 1.807) is 6.92 Å². The molecule has 3 nitrogen and oxygen atoms in total. The summed E-state index contributed by atoms with van der Waals surface area (Å²) in [6.45, 7) is 1.59. The molecule has 0 spiro atoms. The third-order valence-electron chi connectivity index (χ3n) is 2.07. The van der Waals surface area contributed by atoms with Crippen molar-refractivity contribution in [1.29, 1.82) is 0 Å². The highest BCUT2D eigenvalue weighted by atomic mass is 35.5. The number of hydrogen-bond donors (Lipinski definition) is 0. The molecule has 0 bridgehead atoms. The normalized spacial score (nSPS) is 20.8. The molecule has 76 valence electrons. The van der Waals surface area contributed by atoms with E-state index >= 15 is 0 Å². The van der Waals surface area contributed by atoms with Crippen LogP contribution < -0.4 is 0 Å². The average Bonchev–Trinajstić information content (AvgIpc) is 2.04. The summed E-state index contributed by atoms with van der Waals surface area (Å²) in [5.41, 5.74) is -0.615.